The van der Waals surface area contributed by atoms with E-state index in [0.717, 1.165) is 25.1 Å². The van der Waals surface area contributed by atoms with Crippen LogP contribution in [-0.2, 0) is 4.74 Å². The molecule has 3 saturated heterocycles. The van der Waals surface area contributed by atoms with Crippen LogP contribution in [0.1, 0.15) is 58.8 Å². The molecule has 0 spiro atoms. The lowest BCUT2D eigenvalue weighted by Gasteiger charge is -2.40. The Hall–Kier alpha value is -0.120. The fourth-order valence-corrected chi connectivity index (χ4v) is 4.26. The third-order valence-electron chi connectivity index (χ3n) is 5.65. The van der Waals surface area contributed by atoms with Crippen LogP contribution >= 0.6 is 0 Å². The van der Waals surface area contributed by atoms with Crippen molar-refractivity contribution in [3.8, 4) is 0 Å². The van der Waals surface area contributed by atoms with E-state index >= 15 is 0 Å². The number of hydrogen-bond donors (Lipinski definition) is 1. The fraction of sp³-hybridized carbons (Fsp3) is 1.00. The minimum Gasteiger partial charge on any atom is -0.375 e. The smallest absolute Gasteiger partial charge is 0.0666 e. The number of nitrogens with zero attached hydrogens (tertiary/aromatic N) is 1. The van der Waals surface area contributed by atoms with Gasteiger partial charge in [-0.1, -0.05) is 13.3 Å². The molecule has 0 saturated carbocycles. The highest BCUT2D eigenvalue weighted by atomic mass is 16.5. The summed E-state index contributed by atoms with van der Waals surface area (Å²) in [5.74, 6) is 0. The molecule has 19 heavy (non-hydrogen) atoms. The summed E-state index contributed by atoms with van der Waals surface area (Å²) in [5.41, 5.74) is 0.112. The molecule has 0 aromatic rings. The Balaban J connectivity index is 1.56. The van der Waals surface area contributed by atoms with Crippen LogP contribution in [0.2, 0.25) is 0 Å². The zero-order chi connectivity index (χ0) is 13.3. The highest BCUT2D eigenvalue weighted by molar-refractivity contribution is 4.97. The molecule has 0 amide bonds. The molecule has 0 aromatic heterocycles. The number of piperidine rings is 1. The van der Waals surface area contributed by atoms with E-state index in [1.54, 1.807) is 0 Å². The van der Waals surface area contributed by atoms with Crippen LogP contribution in [0.3, 0.4) is 0 Å². The van der Waals surface area contributed by atoms with Gasteiger partial charge in [-0.05, 0) is 52.0 Å². The van der Waals surface area contributed by atoms with E-state index in [1.165, 1.54) is 51.6 Å². The molecule has 3 aliphatic heterocycles. The minimum atomic E-state index is 0.112. The molecule has 4 atom stereocenters. The first-order valence-electron chi connectivity index (χ1n) is 8.34. The predicted octanol–water partition coefficient (Wildman–Crippen LogP) is 2.55. The summed E-state index contributed by atoms with van der Waals surface area (Å²) in [6, 6.07) is 2.24. The number of nitrogens with one attached hydrogen (secondary N) is 1. The molecule has 0 bridgehead atoms. The van der Waals surface area contributed by atoms with Crippen LogP contribution in [0, 0.1) is 0 Å². The van der Waals surface area contributed by atoms with Crippen LogP contribution < -0.4 is 5.32 Å². The maximum absolute atomic E-state index is 5.97. The molecule has 3 fully saturated rings. The van der Waals surface area contributed by atoms with Gasteiger partial charge in [-0.15, -0.1) is 0 Å². The van der Waals surface area contributed by atoms with Crippen molar-refractivity contribution in [2.45, 2.75) is 82.5 Å². The second kappa shape index (κ2) is 5.71. The van der Waals surface area contributed by atoms with Gasteiger partial charge in [-0.3, -0.25) is 4.90 Å². The number of ether oxygens (including phenoxy) is 1. The first-order chi connectivity index (χ1) is 9.20. The number of rotatable bonds is 3. The predicted molar refractivity (Wildman–Crippen MR) is 78.4 cm³/mol. The standard InChI is InChI=1S/C16H30N2O/c1-3-16(2)12-13(8-11-19-16)17-14-7-10-18-9-5-4-6-15(14)18/h13-15,17H,3-12H2,1-2H3. The molecule has 0 aliphatic carbocycles. The molecule has 3 aliphatic rings. The number of fused-ring (bicyclic) bond motifs is 1. The Morgan fingerprint density at radius 3 is 2.95 bits per heavy atom. The monoisotopic (exact) mass is 266 g/mol. The van der Waals surface area contributed by atoms with Gasteiger partial charge in [0.2, 0.25) is 0 Å². The van der Waals surface area contributed by atoms with E-state index < -0.39 is 0 Å². The van der Waals surface area contributed by atoms with Gasteiger partial charge in [0, 0.05) is 31.3 Å². The maximum Gasteiger partial charge on any atom is 0.0666 e. The van der Waals surface area contributed by atoms with Crippen LogP contribution in [0.4, 0.5) is 0 Å². The molecule has 110 valence electrons. The van der Waals surface area contributed by atoms with Gasteiger partial charge < -0.3 is 10.1 Å². The zero-order valence-corrected chi connectivity index (χ0v) is 12.7. The Morgan fingerprint density at radius 1 is 1.21 bits per heavy atom. The largest absolute Gasteiger partial charge is 0.375 e. The first-order valence-corrected chi connectivity index (χ1v) is 8.34. The molecule has 0 aromatic carbocycles. The van der Waals surface area contributed by atoms with Crippen molar-refractivity contribution in [3.63, 3.8) is 0 Å². The second-order valence-electron chi connectivity index (χ2n) is 7.00. The van der Waals surface area contributed by atoms with Crippen molar-refractivity contribution in [1.82, 2.24) is 10.2 Å². The number of hydrogen-bond acceptors (Lipinski definition) is 3. The van der Waals surface area contributed by atoms with Crippen molar-refractivity contribution in [2.75, 3.05) is 19.7 Å². The summed E-state index contributed by atoms with van der Waals surface area (Å²) in [6.45, 7) is 8.12. The van der Waals surface area contributed by atoms with E-state index in [2.05, 4.69) is 24.1 Å². The molecule has 0 radical (unpaired) electrons. The summed E-state index contributed by atoms with van der Waals surface area (Å²) >= 11 is 0. The van der Waals surface area contributed by atoms with Gasteiger partial charge in [-0.2, -0.15) is 0 Å². The third kappa shape index (κ3) is 2.98. The molecule has 3 heteroatoms. The molecule has 1 N–H and O–H groups in total. The van der Waals surface area contributed by atoms with E-state index in [4.69, 9.17) is 4.74 Å². The van der Waals surface area contributed by atoms with Crippen molar-refractivity contribution in [1.29, 1.82) is 0 Å². The van der Waals surface area contributed by atoms with Crippen molar-refractivity contribution in [2.24, 2.45) is 0 Å². The molecule has 3 heterocycles. The van der Waals surface area contributed by atoms with Crippen LogP contribution in [0.5, 0.6) is 0 Å². The molecular formula is C16H30N2O. The van der Waals surface area contributed by atoms with Gasteiger partial charge in [0.15, 0.2) is 0 Å². The van der Waals surface area contributed by atoms with Crippen molar-refractivity contribution >= 4 is 0 Å². The SMILES string of the molecule is CCC1(C)CC(NC2CCN3CCCCC23)CCO1. The van der Waals surface area contributed by atoms with Gasteiger partial charge >= 0.3 is 0 Å². The van der Waals surface area contributed by atoms with Crippen LogP contribution in [0.25, 0.3) is 0 Å². The van der Waals surface area contributed by atoms with Gasteiger partial charge in [0.05, 0.1) is 5.60 Å². The highest BCUT2D eigenvalue weighted by Gasteiger charge is 2.38. The van der Waals surface area contributed by atoms with E-state index in [9.17, 15) is 0 Å². The topological polar surface area (TPSA) is 24.5 Å². The Kier molecular flexibility index (Phi) is 4.16. The third-order valence-corrected chi connectivity index (χ3v) is 5.65. The van der Waals surface area contributed by atoms with Gasteiger partial charge in [0.1, 0.15) is 0 Å². The summed E-state index contributed by atoms with van der Waals surface area (Å²) in [5, 5.41) is 3.98. The lowest BCUT2D eigenvalue weighted by Crippen LogP contribution is -2.52. The van der Waals surface area contributed by atoms with Gasteiger partial charge in [-0.25, -0.2) is 0 Å². The quantitative estimate of drug-likeness (QED) is 0.849. The molecule has 3 rings (SSSR count). The Bertz CT molecular complexity index is 309. The molecule has 4 unspecified atom stereocenters. The van der Waals surface area contributed by atoms with E-state index in [1.807, 2.05) is 0 Å². The Morgan fingerprint density at radius 2 is 2.11 bits per heavy atom. The molecular weight excluding hydrogens is 236 g/mol. The lowest BCUT2D eigenvalue weighted by molar-refractivity contribution is -0.0795. The lowest BCUT2D eigenvalue weighted by atomic mass is 9.88. The Labute approximate surface area is 118 Å². The average Bonchev–Trinajstić information content (AvgIpc) is 2.83. The molecule has 3 nitrogen and oxygen atoms in total. The first kappa shape index (κ1) is 13.8. The maximum atomic E-state index is 5.97. The fourth-order valence-electron chi connectivity index (χ4n) is 4.26. The highest BCUT2D eigenvalue weighted by Crippen LogP contribution is 2.31. The minimum absolute atomic E-state index is 0.112. The zero-order valence-electron chi connectivity index (χ0n) is 12.7. The van der Waals surface area contributed by atoms with E-state index in [0.29, 0.717) is 6.04 Å². The van der Waals surface area contributed by atoms with Crippen molar-refractivity contribution in [3.05, 3.63) is 0 Å². The average molecular weight is 266 g/mol. The normalized spacial score (nSPS) is 44.2. The van der Waals surface area contributed by atoms with Crippen molar-refractivity contribution < 1.29 is 4.74 Å². The second-order valence-corrected chi connectivity index (χ2v) is 7.00. The van der Waals surface area contributed by atoms with Crippen LogP contribution in [0.15, 0.2) is 0 Å². The van der Waals surface area contributed by atoms with E-state index in [-0.39, 0.29) is 5.60 Å². The summed E-state index contributed by atoms with van der Waals surface area (Å²) in [6.07, 6.45) is 9.11. The van der Waals surface area contributed by atoms with Crippen LogP contribution in [-0.4, -0.2) is 48.3 Å². The summed E-state index contributed by atoms with van der Waals surface area (Å²) in [4.78, 5) is 2.72. The summed E-state index contributed by atoms with van der Waals surface area (Å²) < 4.78 is 5.97. The van der Waals surface area contributed by atoms with Gasteiger partial charge in [0.25, 0.3) is 0 Å². The summed E-state index contributed by atoms with van der Waals surface area (Å²) in [7, 11) is 0.